The van der Waals surface area contributed by atoms with Crippen molar-refractivity contribution in [1.82, 2.24) is 10.6 Å². The minimum absolute atomic E-state index is 0.117. The molecule has 50 heavy (non-hydrogen) atoms. The van der Waals surface area contributed by atoms with Crippen LogP contribution in [0.4, 0.5) is 0 Å². The van der Waals surface area contributed by atoms with Crippen LogP contribution < -0.4 is 10.6 Å². The van der Waals surface area contributed by atoms with Crippen molar-refractivity contribution < 1.29 is 38.9 Å². The van der Waals surface area contributed by atoms with Gasteiger partial charge in [-0.05, 0) is 80.7 Å². The molecule has 0 radical (unpaired) electrons. The highest BCUT2D eigenvalue weighted by atomic mass is 16.5. The second-order valence-corrected chi connectivity index (χ2v) is 17.1. The highest BCUT2D eigenvalue weighted by Gasteiger charge is 2.28. The molecule has 0 aromatic heterocycles. The first kappa shape index (κ1) is 42.1. The normalized spacial score (nSPS) is 12.3. The summed E-state index contributed by atoms with van der Waals surface area (Å²) in [7, 11) is 0. The third-order valence-corrected chi connectivity index (χ3v) is 8.31. The Kier molecular flexibility index (Phi) is 14.1. The Morgan fingerprint density at radius 3 is 1.02 bits per heavy atom. The number of nitrogens with one attached hydrogen (secondary N) is 2. The molecule has 0 heterocycles. The van der Waals surface area contributed by atoms with E-state index in [-0.39, 0.29) is 34.9 Å². The van der Waals surface area contributed by atoms with Crippen LogP contribution in [0.5, 0.6) is 11.5 Å². The summed E-state index contributed by atoms with van der Waals surface area (Å²) >= 11 is 0. The molecule has 10 nitrogen and oxygen atoms in total. The summed E-state index contributed by atoms with van der Waals surface area (Å²) in [6.45, 7) is 23.8. The standard InChI is InChI=1S/C40H60N2O8/c1-37(2,3)27-19-25(20-28(33(27)45)38(4,5)6)15-13-17-49-31(43)23-41-35(47)36(48)42-24-32(44)50-18-14-16-26-21-29(39(7,8)9)34(46)30(22-26)40(10,11)12/h19-22,45-46H,13-18,23-24H2,1-12H3,(H,41,47)(H,42,48). The van der Waals surface area contributed by atoms with Gasteiger partial charge in [0, 0.05) is 0 Å². The molecule has 0 atom stereocenters. The number of aryl methyl sites for hydroxylation is 2. The van der Waals surface area contributed by atoms with Crippen LogP contribution in [0.3, 0.4) is 0 Å². The van der Waals surface area contributed by atoms with Crippen LogP contribution in [-0.2, 0) is 63.2 Å². The van der Waals surface area contributed by atoms with Gasteiger partial charge in [-0.1, -0.05) is 107 Å². The third-order valence-electron chi connectivity index (χ3n) is 8.31. The fraction of sp³-hybridized carbons (Fsp3) is 0.600. The van der Waals surface area contributed by atoms with Crippen molar-refractivity contribution in [2.24, 2.45) is 0 Å². The summed E-state index contributed by atoms with van der Waals surface area (Å²) in [5, 5.41) is 26.2. The maximum atomic E-state index is 12.2. The van der Waals surface area contributed by atoms with E-state index < -0.39 is 36.8 Å². The quantitative estimate of drug-likeness (QED) is 0.117. The number of ether oxygens (including phenoxy) is 2. The number of phenols is 2. The van der Waals surface area contributed by atoms with Gasteiger partial charge in [0.25, 0.3) is 0 Å². The van der Waals surface area contributed by atoms with Gasteiger partial charge in [-0.25, -0.2) is 0 Å². The third kappa shape index (κ3) is 12.7. The fourth-order valence-electron chi connectivity index (χ4n) is 5.46. The monoisotopic (exact) mass is 696 g/mol. The molecule has 0 fully saturated rings. The van der Waals surface area contributed by atoms with Crippen LogP contribution in [0, 0.1) is 0 Å². The van der Waals surface area contributed by atoms with Crippen molar-refractivity contribution in [2.75, 3.05) is 26.3 Å². The van der Waals surface area contributed by atoms with E-state index in [4.69, 9.17) is 9.47 Å². The number of benzene rings is 2. The number of amides is 2. The van der Waals surface area contributed by atoms with Crippen LogP contribution >= 0.6 is 0 Å². The lowest BCUT2D eigenvalue weighted by molar-refractivity contribution is -0.147. The van der Waals surface area contributed by atoms with E-state index in [2.05, 4.69) is 10.6 Å². The Morgan fingerprint density at radius 1 is 0.520 bits per heavy atom. The molecule has 2 amide bonds. The highest BCUT2D eigenvalue weighted by molar-refractivity contribution is 6.35. The van der Waals surface area contributed by atoms with E-state index >= 15 is 0 Å². The maximum Gasteiger partial charge on any atom is 0.325 e. The van der Waals surface area contributed by atoms with Gasteiger partial charge in [0.05, 0.1) is 13.2 Å². The van der Waals surface area contributed by atoms with Crippen molar-refractivity contribution in [3.05, 3.63) is 57.6 Å². The van der Waals surface area contributed by atoms with Gasteiger partial charge in [0.1, 0.15) is 24.6 Å². The highest BCUT2D eigenvalue weighted by Crippen LogP contribution is 2.41. The Bertz CT molecular complexity index is 1350. The summed E-state index contributed by atoms with van der Waals surface area (Å²) in [4.78, 5) is 48.6. The number of rotatable bonds is 12. The largest absolute Gasteiger partial charge is 0.507 e. The lowest BCUT2D eigenvalue weighted by Crippen LogP contribution is -2.44. The molecular formula is C40H60N2O8. The van der Waals surface area contributed by atoms with Gasteiger partial charge in [-0.2, -0.15) is 0 Å². The second-order valence-electron chi connectivity index (χ2n) is 17.1. The molecular weight excluding hydrogens is 636 g/mol. The Balaban J connectivity index is 1.75. The van der Waals surface area contributed by atoms with Crippen molar-refractivity contribution in [3.8, 4) is 11.5 Å². The first-order valence-corrected chi connectivity index (χ1v) is 17.4. The average Bonchev–Trinajstić information content (AvgIpc) is 2.97. The van der Waals surface area contributed by atoms with Gasteiger partial charge in [-0.3, -0.25) is 19.2 Å². The van der Waals surface area contributed by atoms with E-state index in [1.807, 2.05) is 107 Å². The zero-order chi connectivity index (χ0) is 38.2. The first-order chi connectivity index (χ1) is 22.8. The van der Waals surface area contributed by atoms with Crippen molar-refractivity contribution in [2.45, 2.75) is 130 Å². The van der Waals surface area contributed by atoms with Crippen LogP contribution in [-0.4, -0.2) is 60.3 Å². The molecule has 10 heteroatoms. The smallest absolute Gasteiger partial charge is 0.325 e. The number of aromatic hydroxyl groups is 2. The number of phenolic OH excluding ortho intramolecular Hbond substituents is 2. The van der Waals surface area contributed by atoms with E-state index in [0.717, 1.165) is 33.4 Å². The van der Waals surface area contributed by atoms with Crippen LogP contribution in [0.1, 0.15) is 129 Å². The van der Waals surface area contributed by atoms with Crippen molar-refractivity contribution >= 4 is 23.8 Å². The summed E-state index contributed by atoms with van der Waals surface area (Å²) in [5.74, 6) is -2.91. The van der Waals surface area contributed by atoms with Gasteiger partial charge >= 0.3 is 23.8 Å². The topological polar surface area (TPSA) is 151 Å². The molecule has 0 bridgehead atoms. The predicted octanol–water partition coefficient (Wildman–Crippen LogP) is 6.17. The molecule has 0 aliphatic heterocycles. The SMILES string of the molecule is CC(C)(C)c1cc(CCCOC(=O)CNC(=O)C(=O)NCC(=O)OCCCc2cc(C(C)(C)C)c(O)c(C(C)(C)C)c2)cc(C(C)(C)C)c1O. The van der Waals surface area contributed by atoms with Crippen LogP contribution in [0.2, 0.25) is 0 Å². The minimum Gasteiger partial charge on any atom is -0.507 e. The summed E-state index contributed by atoms with van der Waals surface area (Å²) in [5.41, 5.74) is 4.51. The molecule has 0 saturated heterocycles. The summed E-state index contributed by atoms with van der Waals surface area (Å²) in [6, 6.07) is 7.96. The van der Waals surface area contributed by atoms with Gasteiger partial charge < -0.3 is 30.3 Å². The van der Waals surface area contributed by atoms with Gasteiger partial charge in [0.2, 0.25) is 0 Å². The molecule has 2 aromatic rings. The first-order valence-electron chi connectivity index (χ1n) is 17.4. The zero-order valence-corrected chi connectivity index (χ0v) is 32.3. The Morgan fingerprint density at radius 2 is 0.780 bits per heavy atom. The molecule has 2 rings (SSSR count). The molecule has 0 spiro atoms. The molecule has 2 aromatic carbocycles. The predicted molar refractivity (Wildman–Crippen MR) is 196 cm³/mol. The molecule has 0 saturated carbocycles. The second kappa shape index (κ2) is 16.8. The summed E-state index contributed by atoms with van der Waals surface area (Å²) < 4.78 is 10.5. The maximum absolute atomic E-state index is 12.2. The molecule has 4 N–H and O–H groups in total. The van der Waals surface area contributed by atoms with E-state index in [1.54, 1.807) is 0 Å². The summed E-state index contributed by atoms with van der Waals surface area (Å²) in [6.07, 6.45) is 2.31. The van der Waals surface area contributed by atoms with Gasteiger partial charge in [0.15, 0.2) is 0 Å². The zero-order valence-electron chi connectivity index (χ0n) is 32.3. The van der Waals surface area contributed by atoms with Crippen LogP contribution in [0.15, 0.2) is 24.3 Å². The fourth-order valence-corrected chi connectivity index (χ4v) is 5.46. The number of carbonyl (C=O) groups is 4. The number of carbonyl (C=O) groups excluding carboxylic acids is 4. The van der Waals surface area contributed by atoms with Crippen LogP contribution in [0.25, 0.3) is 0 Å². The number of hydrogen-bond donors (Lipinski definition) is 4. The minimum atomic E-state index is -1.07. The van der Waals surface area contributed by atoms with Crippen molar-refractivity contribution in [1.29, 1.82) is 0 Å². The number of esters is 2. The Labute approximate surface area is 298 Å². The Hall–Kier alpha value is -4.08. The number of hydrogen-bond acceptors (Lipinski definition) is 8. The molecule has 278 valence electrons. The molecule has 0 unspecified atom stereocenters. The van der Waals surface area contributed by atoms with E-state index in [0.29, 0.717) is 37.2 Å². The van der Waals surface area contributed by atoms with E-state index in [9.17, 15) is 29.4 Å². The lowest BCUT2D eigenvalue weighted by Gasteiger charge is -2.28. The molecule has 0 aliphatic rings. The van der Waals surface area contributed by atoms with Gasteiger partial charge in [-0.15, -0.1) is 0 Å². The van der Waals surface area contributed by atoms with Crippen molar-refractivity contribution in [3.63, 3.8) is 0 Å². The lowest BCUT2D eigenvalue weighted by atomic mass is 9.78. The average molecular weight is 697 g/mol. The molecule has 0 aliphatic carbocycles. The van der Waals surface area contributed by atoms with E-state index in [1.165, 1.54) is 0 Å².